The lowest BCUT2D eigenvalue weighted by Gasteiger charge is -2.18. The van der Waals surface area contributed by atoms with E-state index in [4.69, 9.17) is 4.74 Å². The number of rotatable bonds is 4. The Kier molecular flexibility index (Phi) is 4.11. The molecule has 1 aliphatic rings. The van der Waals surface area contributed by atoms with Gasteiger partial charge in [-0.1, -0.05) is 30.3 Å². The van der Waals surface area contributed by atoms with Gasteiger partial charge in [0.05, 0.1) is 17.4 Å². The minimum atomic E-state index is -0.137. The van der Waals surface area contributed by atoms with Crippen LogP contribution in [0.1, 0.15) is 18.5 Å². The number of hydrogen-bond acceptors (Lipinski definition) is 5. The number of carbonyl (C=O) groups is 1. The zero-order valence-electron chi connectivity index (χ0n) is 13.7. The van der Waals surface area contributed by atoms with Crippen LogP contribution in [0.25, 0.3) is 11.3 Å². The number of ether oxygens (including phenoxy) is 1. The van der Waals surface area contributed by atoms with E-state index in [1.54, 1.807) is 11.3 Å². The SMILES string of the molecule is C[C@@H](Nc1nc(-c2ccc3c(c2)NC(=O)CO3)cs1)c1ccccc1. The maximum Gasteiger partial charge on any atom is 0.262 e. The highest BCUT2D eigenvalue weighted by molar-refractivity contribution is 7.14. The van der Waals surface area contributed by atoms with Gasteiger partial charge in [-0.25, -0.2) is 4.98 Å². The van der Waals surface area contributed by atoms with Crippen LogP contribution in [0, 0.1) is 0 Å². The van der Waals surface area contributed by atoms with Crippen molar-refractivity contribution >= 4 is 28.1 Å². The number of carbonyl (C=O) groups excluding carboxylic acids is 1. The molecule has 2 heterocycles. The summed E-state index contributed by atoms with van der Waals surface area (Å²) in [5.41, 5.74) is 3.72. The Morgan fingerprint density at radius 1 is 1.24 bits per heavy atom. The van der Waals surface area contributed by atoms with Crippen LogP contribution in [0.15, 0.2) is 53.9 Å². The smallest absolute Gasteiger partial charge is 0.262 e. The van der Waals surface area contributed by atoms with E-state index < -0.39 is 0 Å². The maximum absolute atomic E-state index is 11.5. The first kappa shape index (κ1) is 15.7. The fraction of sp³-hybridized carbons (Fsp3) is 0.158. The van der Waals surface area contributed by atoms with Gasteiger partial charge in [-0.3, -0.25) is 4.79 Å². The summed E-state index contributed by atoms with van der Waals surface area (Å²) in [6.45, 7) is 2.18. The van der Waals surface area contributed by atoms with Crippen LogP contribution in [0.4, 0.5) is 10.8 Å². The maximum atomic E-state index is 11.5. The molecule has 0 radical (unpaired) electrons. The van der Waals surface area contributed by atoms with Crippen LogP contribution < -0.4 is 15.4 Å². The number of aromatic nitrogens is 1. The second-order valence-electron chi connectivity index (χ2n) is 5.86. The molecule has 0 saturated heterocycles. The number of amides is 1. The van der Waals surface area contributed by atoms with Gasteiger partial charge in [0, 0.05) is 10.9 Å². The van der Waals surface area contributed by atoms with Gasteiger partial charge in [0.15, 0.2) is 11.7 Å². The van der Waals surface area contributed by atoms with E-state index in [0.29, 0.717) is 11.4 Å². The summed E-state index contributed by atoms with van der Waals surface area (Å²) in [6.07, 6.45) is 0. The minimum Gasteiger partial charge on any atom is -0.482 e. The van der Waals surface area contributed by atoms with E-state index >= 15 is 0 Å². The predicted octanol–water partition coefficient (Wildman–Crippen LogP) is 4.31. The molecule has 4 rings (SSSR count). The lowest BCUT2D eigenvalue weighted by atomic mass is 10.1. The van der Waals surface area contributed by atoms with Gasteiger partial charge in [-0.15, -0.1) is 11.3 Å². The van der Waals surface area contributed by atoms with Crippen LogP contribution in [-0.4, -0.2) is 17.5 Å². The summed E-state index contributed by atoms with van der Waals surface area (Å²) < 4.78 is 5.39. The molecular formula is C19H17N3O2S. The van der Waals surface area contributed by atoms with Crippen LogP contribution >= 0.6 is 11.3 Å². The van der Waals surface area contributed by atoms with E-state index in [-0.39, 0.29) is 18.6 Å². The summed E-state index contributed by atoms with van der Waals surface area (Å²) in [4.78, 5) is 16.1. The number of thiazole rings is 1. The molecule has 0 fully saturated rings. The molecule has 3 aromatic rings. The first-order valence-corrected chi connectivity index (χ1v) is 8.91. The lowest BCUT2D eigenvalue weighted by Crippen LogP contribution is -2.25. The van der Waals surface area contributed by atoms with Gasteiger partial charge in [0.2, 0.25) is 0 Å². The number of benzene rings is 2. The molecular weight excluding hydrogens is 334 g/mol. The number of hydrogen-bond donors (Lipinski definition) is 2. The fourth-order valence-corrected chi connectivity index (χ4v) is 3.53. The molecule has 1 aliphatic heterocycles. The quantitative estimate of drug-likeness (QED) is 0.735. The third-order valence-corrected chi connectivity index (χ3v) is 4.83. The Bertz CT molecular complexity index is 908. The van der Waals surface area contributed by atoms with Crippen LogP contribution in [0.2, 0.25) is 0 Å². The van der Waals surface area contributed by atoms with Crippen molar-refractivity contribution in [1.82, 2.24) is 4.98 Å². The third kappa shape index (κ3) is 3.34. The molecule has 0 spiro atoms. The Morgan fingerprint density at radius 2 is 2.08 bits per heavy atom. The third-order valence-electron chi connectivity index (χ3n) is 4.05. The summed E-state index contributed by atoms with van der Waals surface area (Å²) >= 11 is 1.56. The molecule has 5 nitrogen and oxygen atoms in total. The highest BCUT2D eigenvalue weighted by atomic mass is 32.1. The number of nitrogens with zero attached hydrogens (tertiary/aromatic N) is 1. The van der Waals surface area contributed by atoms with Crippen molar-refractivity contribution in [1.29, 1.82) is 0 Å². The second kappa shape index (κ2) is 6.57. The summed E-state index contributed by atoms with van der Waals surface area (Å²) in [5, 5.41) is 9.13. The Hall–Kier alpha value is -2.86. The van der Waals surface area contributed by atoms with Crippen molar-refractivity contribution in [2.75, 3.05) is 17.2 Å². The molecule has 1 atom stereocenters. The van der Waals surface area contributed by atoms with Gasteiger partial charge in [-0.2, -0.15) is 0 Å². The average molecular weight is 351 g/mol. The fourth-order valence-electron chi connectivity index (χ4n) is 2.73. The first-order valence-electron chi connectivity index (χ1n) is 8.03. The van der Waals surface area contributed by atoms with Crippen LogP contribution in [-0.2, 0) is 4.79 Å². The zero-order chi connectivity index (χ0) is 17.2. The molecule has 2 aromatic carbocycles. The average Bonchev–Trinajstić information content (AvgIpc) is 3.10. The monoisotopic (exact) mass is 351 g/mol. The van der Waals surface area contributed by atoms with Gasteiger partial charge in [0.25, 0.3) is 5.91 Å². The van der Waals surface area contributed by atoms with Gasteiger partial charge in [-0.05, 0) is 30.7 Å². The van der Waals surface area contributed by atoms with Gasteiger partial charge in [0.1, 0.15) is 5.75 Å². The molecule has 25 heavy (non-hydrogen) atoms. The molecule has 6 heteroatoms. The number of fused-ring (bicyclic) bond motifs is 1. The molecule has 0 bridgehead atoms. The molecule has 1 amide bonds. The predicted molar refractivity (Wildman–Crippen MR) is 100 cm³/mol. The molecule has 126 valence electrons. The van der Waals surface area contributed by atoms with E-state index in [2.05, 4.69) is 34.7 Å². The van der Waals surface area contributed by atoms with Crippen LogP contribution in [0.3, 0.4) is 0 Å². The number of nitrogens with one attached hydrogen (secondary N) is 2. The second-order valence-corrected chi connectivity index (χ2v) is 6.72. The highest BCUT2D eigenvalue weighted by Crippen LogP contribution is 2.34. The van der Waals surface area contributed by atoms with E-state index in [9.17, 15) is 4.79 Å². The normalized spacial score (nSPS) is 14.2. The number of anilines is 2. The summed E-state index contributed by atoms with van der Waals surface area (Å²) in [6, 6.07) is 16.2. The summed E-state index contributed by atoms with van der Waals surface area (Å²) in [7, 11) is 0. The Balaban J connectivity index is 1.53. The van der Waals surface area contributed by atoms with E-state index in [1.165, 1.54) is 5.56 Å². The van der Waals surface area contributed by atoms with Crippen molar-refractivity contribution < 1.29 is 9.53 Å². The molecule has 0 saturated carbocycles. The van der Waals surface area contributed by atoms with Crippen molar-refractivity contribution in [2.24, 2.45) is 0 Å². The lowest BCUT2D eigenvalue weighted by molar-refractivity contribution is -0.118. The molecule has 1 aromatic heterocycles. The van der Waals surface area contributed by atoms with Crippen molar-refractivity contribution in [2.45, 2.75) is 13.0 Å². The standard InChI is InChI=1S/C19H17N3O2S/c1-12(13-5-3-2-4-6-13)20-19-22-16(11-25-19)14-7-8-17-15(9-14)21-18(23)10-24-17/h2-9,11-12H,10H2,1H3,(H,20,22)(H,21,23)/t12-/m1/s1. The van der Waals surface area contributed by atoms with Crippen molar-refractivity contribution in [3.63, 3.8) is 0 Å². The van der Waals surface area contributed by atoms with E-state index in [1.807, 2.05) is 41.8 Å². The largest absolute Gasteiger partial charge is 0.482 e. The molecule has 0 aliphatic carbocycles. The summed E-state index contributed by atoms with van der Waals surface area (Å²) in [5.74, 6) is 0.552. The Morgan fingerprint density at radius 3 is 2.92 bits per heavy atom. The minimum absolute atomic E-state index is 0.0640. The van der Waals surface area contributed by atoms with E-state index in [0.717, 1.165) is 16.4 Å². The first-order chi connectivity index (χ1) is 12.2. The van der Waals surface area contributed by atoms with Gasteiger partial charge >= 0.3 is 0 Å². The van der Waals surface area contributed by atoms with Crippen LogP contribution in [0.5, 0.6) is 5.75 Å². The zero-order valence-corrected chi connectivity index (χ0v) is 14.5. The molecule has 0 unspecified atom stereocenters. The Labute approximate surface area is 149 Å². The van der Waals surface area contributed by atoms with Crippen molar-refractivity contribution in [3.8, 4) is 17.0 Å². The topological polar surface area (TPSA) is 63.2 Å². The highest BCUT2D eigenvalue weighted by Gasteiger charge is 2.17. The molecule has 2 N–H and O–H groups in total. The van der Waals surface area contributed by atoms with Gasteiger partial charge < -0.3 is 15.4 Å². The van der Waals surface area contributed by atoms with Crippen molar-refractivity contribution in [3.05, 3.63) is 59.5 Å².